The Balaban J connectivity index is 1.91. The summed E-state index contributed by atoms with van der Waals surface area (Å²) in [7, 11) is 1.68. The first-order valence-corrected chi connectivity index (χ1v) is 5.70. The lowest BCUT2D eigenvalue weighted by Crippen LogP contribution is -2.31. The van der Waals surface area contributed by atoms with Gasteiger partial charge in [-0.05, 0) is 18.6 Å². The Labute approximate surface area is 101 Å². The number of carbonyl (C=O) groups excluding carboxylic acids is 1. The second-order valence-corrected chi connectivity index (χ2v) is 4.25. The Bertz CT molecular complexity index is 391. The summed E-state index contributed by atoms with van der Waals surface area (Å²) in [5, 5.41) is 0. The van der Waals surface area contributed by atoms with Crippen LogP contribution in [0, 0.1) is 0 Å². The predicted molar refractivity (Wildman–Crippen MR) is 64.3 cm³/mol. The fraction of sp³-hybridized carbons (Fsp3) is 0.500. The first kappa shape index (κ1) is 11.9. The second kappa shape index (κ2) is 5.14. The van der Waals surface area contributed by atoms with Gasteiger partial charge >= 0.3 is 0 Å². The molecule has 0 spiro atoms. The zero-order chi connectivity index (χ0) is 12.3. The van der Waals surface area contributed by atoms with Crippen molar-refractivity contribution < 1.29 is 9.53 Å². The number of rotatable bonds is 3. The van der Waals surface area contributed by atoms with Crippen molar-refractivity contribution >= 4 is 11.6 Å². The van der Waals surface area contributed by atoms with E-state index in [4.69, 9.17) is 10.5 Å². The fourth-order valence-corrected chi connectivity index (χ4v) is 1.95. The molecule has 1 aliphatic heterocycles. The van der Waals surface area contributed by atoms with Crippen LogP contribution in [0.2, 0.25) is 0 Å². The van der Waals surface area contributed by atoms with Gasteiger partial charge in [-0.15, -0.1) is 0 Å². The van der Waals surface area contributed by atoms with Crippen LogP contribution in [0.15, 0.2) is 18.3 Å². The Morgan fingerprint density at radius 1 is 1.65 bits per heavy atom. The molecule has 1 atom stereocenters. The minimum absolute atomic E-state index is 0.0989. The SMILES string of the molecule is COC1CCN(C(=O)Cc2ccc(N)cn2)C1. The van der Waals surface area contributed by atoms with Gasteiger partial charge in [0.1, 0.15) is 0 Å². The Kier molecular flexibility index (Phi) is 3.58. The number of ether oxygens (including phenoxy) is 1. The number of pyridine rings is 1. The number of carbonyl (C=O) groups is 1. The molecular formula is C12H17N3O2. The number of likely N-dealkylation sites (tertiary alicyclic amines) is 1. The lowest BCUT2D eigenvalue weighted by molar-refractivity contribution is -0.129. The van der Waals surface area contributed by atoms with Crippen LogP contribution >= 0.6 is 0 Å². The van der Waals surface area contributed by atoms with Gasteiger partial charge in [0.05, 0.1) is 24.4 Å². The molecule has 1 aliphatic rings. The number of nitrogens with zero attached hydrogens (tertiary/aromatic N) is 2. The molecule has 1 fully saturated rings. The maximum absolute atomic E-state index is 12.0. The molecule has 92 valence electrons. The zero-order valence-corrected chi connectivity index (χ0v) is 9.93. The van der Waals surface area contributed by atoms with E-state index in [1.54, 1.807) is 25.4 Å². The molecule has 1 unspecified atom stereocenters. The highest BCUT2D eigenvalue weighted by Gasteiger charge is 2.25. The minimum atomic E-state index is 0.0989. The van der Waals surface area contributed by atoms with Crippen LogP contribution in [0.25, 0.3) is 0 Å². The van der Waals surface area contributed by atoms with E-state index in [0.717, 1.165) is 18.7 Å². The summed E-state index contributed by atoms with van der Waals surface area (Å²) < 4.78 is 5.23. The normalized spacial score (nSPS) is 19.6. The number of nitrogen functional groups attached to an aromatic ring is 1. The Hall–Kier alpha value is -1.62. The third-order valence-corrected chi connectivity index (χ3v) is 3.01. The van der Waals surface area contributed by atoms with E-state index in [1.807, 2.05) is 4.90 Å². The molecule has 0 radical (unpaired) electrons. The maximum Gasteiger partial charge on any atom is 0.228 e. The molecule has 0 aromatic carbocycles. The topological polar surface area (TPSA) is 68.5 Å². The first-order valence-electron chi connectivity index (χ1n) is 5.70. The number of amides is 1. The molecule has 0 bridgehead atoms. The summed E-state index contributed by atoms with van der Waals surface area (Å²) in [4.78, 5) is 17.9. The highest BCUT2D eigenvalue weighted by molar-refractivity contribution is 5.78. The molecule has 17 heavy (non-hydrogen) atoms. The number of hydrogen-bond acceptors (Lipinski definition) is 4. The van der Waals surface area contributed by atoms with E-state index in [9.17, 15) is 4.79 Å². The fourth-order valence-electron chi connectivity index (χ4n) is 1.95. The molecule has 1 amide bonds. The van der Waals surface area contributed by atoms with Crippen molar-refractivity contribution in [3.8, 4) is 0 Å². The Morgan fingerprint density at radius 2 is 2.47 bits per heavy atom. The number of hydrogen-bond donors (Lipinski definition) is 1. The largest absolute Gasteiger partial charge is 0.397 e. The standard InChI is InChI=1S/C12H17N3O2/c1-17-11-4-5-15(8-11)12(16)6-10-3-2-9(13)7-14-10/h2-3,7,11H,4-6,8,13H2,1H3. The monoisotopic (exact) mass is 235 g/mol. The summed E-state index contributed by atoms with van der Waals surface area (Å²) in [5.41, 5.74) is 6.91. The van der Waals surface area contributed by atoms with Gasteiger partial charge in [-0.1, -0.05) is 0 Å². The van der Waals surface area contributed by atoms with E-state index >= 15 is 0 Å². The maximum atomic E-state index is 12.0. The molecule has 0 saturated carbocycles. The highest BCUT2D eigenvalue weighted by atomic mass is 16.5. The van der Waals surface area contributed by atoms with Gasteiger partial charge in [0.15, 0.2) is 0 Å². The van der Waals surface area contributed by atoms with Gasteiger partial charge in [0.25, 0.3) is 0 Å². The summed E-state index contributed by atoms with van der Waals surface area (Å²) in [6, 6.07) is 3.55. The van der Waals surface area contributed by atoms with Crippen molar-refractivity contribution in [3.63, 3.8) is 0 Å². The summed E-state index contributed by atoms with van der Waals surface area (Å²) >= 11 is 0. The number of nitrogens with two attached hydrogens (primary N) is 1. The van der Waals surface area contributed by atoms with Crippen molar-refractivity contribution in [1.82, 2.24) is 9.88 Å². The molecule has 2 N–H and O–H groups in total. The van der Waals surface area contributed by atoms with Crippen molar-refractivity contribution in [2.45, 2.75) is 18.9 Å². The summed E-state index contributed by atoms with van der Waals surface area (Å²) in [6.07, 6.45) is 3.00. The number of aromatic nitrogens is 1. The third-order valence-electron chi connectivity index (χ3n) is 3.01. The molecule has 2 rings (SSSR count). The van der Waals surface area contributed by atoms with Crippen LogP contribution in [0.4, 0.5) is 5.69 Å². The van der Waals surface area contributed by atoms with Crippen molar-refractivity contribution in [2.75, 3.05) is 25.9 Å². The van der Waals surface area contributed by atoms with Crippen molar-refractivity contribution in [2.24, 2.45) is 0 Å². The zero-order valence-electron chi connectivity index (χ0n) is 9.93. The minimum Gasteiger partial charge on any atom is -0.397 e. The van der Waals surface area contributed by atoms with Crippen LogP contribution < -0.4 is 5.73 Å². The van der Waals surface area contributed by atoms with Gasteiger partial charge in [-0.3, -0.25) is 9.78 Å². The second-order valence-electron chi connectivity index (χ2n) is 4.25. The smallest absolute Gasteiger partial charge is 0.228 e. The van der Waals surface area contributed by atoms with Crippen molar-refractivity contribution in [1.29, 1.82) is 0 Å². The van der Waals surface area contributed by atoms with Gasteiger partial charge in [0.2, 0.25) is 5.91 Å². The predicted octanol–water partition coefficient (Wildman–Crippen LogP) is 0.454. The molecule has 1 aromatic heterocycles. The molecule has 2 heterocycles. The van der Waals surface area contributed by atoms with Crippen LogP contribution in [0.1, 0.15) is 12.1 Å². The molecule has 5 nitrogen and oxygen atoms in total. The Morgan fingerprint density at radius 3 is 3.06 bits per heavy atom. The summed E-state index contributed by atoms with van der Waals surface area (Å²) in [5.74, 6) is 0.0989. The summed E-state index contributed by atoms with van der Waals surface area (Å²) in [6.45, 7) is 1.45. The van der Waals surface area contributed by atoms with Crippen LogP contribution in [-0.4, -0.2) is 42.1 Å². The molecule has 5 heteroatoms. The quantitative estimate of drug-likeness (QED) is 0.826. The molecular weight excluding hydrogens is 218 g/mol. The van der Waals surface area contributed by atoms with E-state index in [0.29, 0.717) is 18.7 Å². The van der Waals surface area contributed by atoms with Gasteiger partial charge in [-0.2, -0.15) is 0 Å². The molecule has 0 aliphatic carbocycles. The van der Waals surface area contributed by atoms with E-state index in [1.165, 1.54) is 0 Å². The van der Waals surface area contributed by atoms with Crippen LogP contribution in [-0.2, 0) is 16.0 Å². The number of anilines is 1. The van der Waals surface area contributed by atoms with Gasteiger partial charge < -0.3 is 15.4 Å². The lowest BCUT2D eigenvalue weighted by atomic mass is 10.2. The van der Waals surface area contributed by atoms with E-state index in [-0.39, 0.29) is 12.0 Å². The van der Waals surface area contributed by atoms with Gasteiger partial charge in [-0.25, -0.2) is 0 Å². The van der Waals surface area contributed by atoms with E-state index in [2.05, 4.69) is 4.98 Å². The van der Waals surface area contributed by atoms with Crippen LogP contribution in [0.3, 0.4) is 0 Å². The average molecular weight is 235 g/mol. The average Bonchev–Trinajstić information content (AvgIpc) is 2.81. The third kappa shape index (κ3) is 2.94. The van der Waals surface area contributed by atoms with Crippen LogP contribution in [0.5, 0.6) is 0 Å². The first-order chi connectivity index (χ1) is 8.19. The molecule has 1 aromatic rings. The number of methoxy groups -OCH3 is 1. The van der Waals surface area contributed by atoms with E-state index < -0.39 is 0 Å². The van der Waals surface area contributed by atoms with Gasteiger partial charge in [0, 0.05) is 25.9 Å². The van der Waals surface area contributed by atoms with Crippen molar-refractivity contribution in [3.05, 3.63) is 24.0 Å². The lowest BCUT2D eigenvalue weighted by Gasteiger charge is -2.15. The molecule has 1 saturated heterocycles. The highest BCUT2D eigenvalue weighted by Crippen LogP contribution is 2.13.